The molecular formula is C13H14N2O2S. The Morgan fingerprint density at radius 1 is 1.44 bits per heavy atom. The Bertz CT molecular complexity index is 578. The second kappa shape index (κ2) is 5.10. The summed E-state index contributed by atoms with van der Waals surface area (Å²) in [5, 5.41) is 16.4. The molecule has 2 aromatic rings. The van der Waals surface area contributed by atoms with Crippen LogP contribution in [0.3, 0.4) is 0 Å². The molecule has 4 N–H and O–H groups in total. The minimum absolute atomic E-state index is 0.197. The van der Waals surface area contributed by atoms with Crippen molar-refractivity contribution in [3.63, 3.8) is 0 Å². The van der Waals surface area contributed by atoms with Gasteiger partial charge in [-0.25, -0.2) is 4.79 Å². The van der Waals surface area contributed by atoms with Crippen molar-refractivity contribution in [1.29, 1.82) is 0 Å². The van der Waals surface area contributed by atoms with Gasteiger partial charge < -0.3 is 16.2 Å². The highest BCUT2D eigenvalue weighted by Crippen LogP contribution is 2.21. The molecule has 0 saturated heterocycles. The van der Waals surface area contributed by atoms with Crippen molar-refractivity contribution < 1.29 is 9.90 Å². The van der Waals surface area contributed by atoms with Crippen LogP contribution in [0.4, 0.5) is 11.4 Å². The van der Waals surface area contributed by atoms with Crippen LogP contribution in [0.5, 0.6) is 0 Å². The molecule has 0 fully saturated rings. The number of hydrogen-bond acceptors (Lipinski definition) is 4. The molecule has 0 aliphatic rings. The number of carbonyl (C=O) groups is 1. The van der Waals surface area contributed by atoms with Gasteiger partial charge in [0.2, 0.25) is 0 Å². The van der Waals surface area contributed by atoms with Gasteiger partial charge in [-0.2, -0.15) is 11.3 Å². The fourth-order valence-corrected chi connectivity index (χ4v) is 2.51. The lowest BCUT2D eigenvalue weighted by Crippen LogP contribution is -2.07. The summed E-state index contributed by atoms with van der Waals surface area (Å²) in [6.45, 7) is 2.65. The summed E-state index contributed by atoms with van der Waals surface area (Å²) in [4.78, 5) is 11.1. The molecule has 0 unspecified atom stereocenters. The van der Waals surface area contributed by atoms with Crippen LogP contribution in [0.25, 0.3) is 0 Å². The van der Waals surface area contributed by atoms with Crippen LogP contribution < -0.4 is 11.1 Å². The summed E-state index contributed by atoms with van der Waals surface area (Å²) in [6, 6.07) is 4.85. The van der Waals surface area contributed by atoms with Crippen molar-refractivity contribution in [3.8, 4) is 0 Å². The summed E-state index contributed by atoms with van der Waals surface area (Å²) in [5.74, 6) is -0.980. The maximum atomic E-state index is 11.1. The molecule has 0 bridgehead atoms. The first-order valence-corrected chi connectivity index (χ1v) is 6.40. The van der Waals surface area contributed by atoms with Gasteiger partial charge in [-0.1, -0.05) is 0 Å². The highest BCUT2D eigenvalue weighted by molar-refractivity contribution is 7.08. The van der Waals surface area contributed by atoms with Crippen LogP contribution in [-0.4, -0.2) is 11.1 Å². The smallest absolute Gasteiger partial charge is 0.337 e. The zero-order valence-electron chi connectivity index (χ0n) is 9.93. The number of hydrogen-bond donors (Lipinski definition) is 3. The standard InChI is InChI=1S/C13H14N2O2S/c1-8-6-18-7-9(8)5-15-12-3-2-10(14)4-11(12)13(16)17/h2-4,6-7,15H,5,14H2,1H3,(H,16,17). The molecule has 0 radical (unpaired) electrons. The Morgan fingerprint density at radius 3 is 2.83 bits per heavy atom. The number of benzene rings is 1. The highest BCUT2D eigenvalue weighted by Gasteiger charge is 2.10. The second-order valence-corrected chi connectivity index (χ2v) is 4.79. The van der Waals surface area contributed by atoms with Crippen LogP contribution in [0.15, 0.2) is 29.0 Å². The van der Waals surface area contributed by atoms with Crippen LogP contribution in [-0.2, 0) is 6.54 Å². The molecule has 0 spiro atoms. The number of aromatic carboxylic acids is 1. The second-order valence-electron chi connectivity index (χ2n) is 4.04. The number of nitrogen functional groups attached to an aromatic ring is 1. The van der Waals surface area contributed by atoms with Crippen molar-refractivity contribution in [2.24, 2.45) is 0 Å². The van der Waals surface area contributed by atoms with Crippen molar-refractivity contribution >= 4 is 28.7 Å². The van der Waals surface area contributed by atoms with Gasteiger partial charge in [-0.15, -0.1) is 0 Å². The number of rotatable bonds is 4. The average molecular weight is 262 g/mol. The minimum Gasteiger partial charge on any atom is -0.478 e. The summed E-state index contributed by atoms with van der Waals surface area (Å²) >= 11 is 1.64. The van der Waals surface area contributed by atoms with E-state index in [1.807, 2.05) is 6.92 Å². The molecule has 4 nitrogen and oxygen atoms in total. The first kappa shape index (κ1) is 12.4. The van der Waals surface area contributed by atoms with E-state index in [2.05, 4.69) is 16.1 Å². The fraction of sp³-hybridized carbons (Fsp3) is 0.154. The molecule has 0 amide bonds. The zero-order valence-corrected chi connectivity index (χ0v) is 10.8. The van der Waals surface area contributed by atoms with Gasteiger partial charge in [0.15, 0.2) is 0 Å². The van der Waals surface area contributed by atoms with Crippen molar-refractivity contribution in [3.05, 3.63) is 45.6 Å². The van der Waals surface area contributed by atoms with Gasteiger partial charge in [0.05, 0.1) is 5.56 Å². The van der Waals surface area contributed by atoms with E-state index < -0.39 is 5.97 Å². The zero-order chi connectivity index (χ0) is 13.1. The van der Waals surface area contributed by atoms with Gasteiger partial charge in [0.1, 0.15) is 0 Å². The van der Waals surface area contributed by atoms with E-state index in [1.54, 1.807) is 23.5 Å². The van der Waals surface area contributed by atoms with Gasteiger partial charge in [-0.3, -0.25) is 0 Å². The number of aryl methyl sites for hydroxylation is 1. The molecule has 0 atom stereocenters. The summed E-state index contributed by atoms with van der Waals surface area (Å²) < 4.78 is 0. The van der Waals surface area contributed by atoms with E-state index in [1.165, 1.54) is 17.2 Å². The molecule has 0 aliphatic heterocycles. The van der Waals surface area contributed by atoms with Crippen LogP contribution >= 0.6 is 11.3 Å². The molecule has 18 heavy (non-hydrogen) atoms. The first-order valence-electron chi connectivity index (χ1n) is 5.46. The van der Waals surface area contributed by atoms with Crippen molar-refractivity contribution in [2.45, 2.75) is 13.5 Å². The number of anilines is 2. The monoisotopic (exact) mass is 262 g/mol. The average Bonchev–Trinajstić information content (AvgIpc) is 2.73. The van der Waals surface area contributed by atoms with Crippen LogP contribution in [0, 0.1) is 6.92 Å². The maximum absolute atomic E-state index is 11.1. The van der Waals surface area contributed by atoms with E-state index in [9.17, 15) is 4.79 Å². The summed E-state index contributed by atoms with van der Waals surface area (Å²) in [6.07, 6.45) is 0. The molecule has 5 heteroatoms. The minimum atomic E-state index is -0.980. The maximum Gasteiger partial charge on any atom is 0.337 e. The van der Waals surface area contributed by atoms with Gasteiger partial charge in [0, 0.05) is 17.9 Å². The van der Waals surface area contributed by atoms with E-state index >= 15 is 0 Å². The van der Waals surface area contributed by atoms with Crippen LogP contribution in [0.1, 0.15) is 21.5 Å². The highest BCUT2D eigenvalue weighted by atomic mass is 32.1. The molecule has 2 rings (SSSR count). The van der Waals surface area contributed by atoms with E-state index in [0.29, 0.717) is 17.9 Å². The number of carboxylic acids is 1. The number of nitrogens with two attached hydrogens (primary N) is 1. The normalized spacial score (nSPS) is 10.3. The predicted molar refractivity (Wildman–Crippen MR) is 74.2 cm³/mol. The van der Waals surface area contributed by atoms with Crippen molar-refractivity contribution in [2.75, 3.05) is 11.1 Å². The number of thiophene rings is 1. The fourth-order valence-electron chi connectivity index (χ4n) is 1.65. The third-order valence-corrected chi connectivity index (χ3v) is 3.62. The topological polar surface area (TPSA) is 75.3 Å². The Morgan fingerprint density at radius 2 is 2.22 bits per heavy atom. The predicted octanol–water partition coefficient (Wildman–Crippen LogP) is 2.95. The van der Waals surface area contributed by atoms with Crippen molar-refractivity contribution in [1.82, 2.24) is 0 Å². The number of nitrogens with one attached hydrogen (secondary N) is 1. The lowest BCUT2D eigenvalue weighted by Gasteiger charge is -2.10. The molecule has 94 valence electrons. The van der Waals surface area contributed by atoms with E-state index in [-0.39, 0.29) is 5.56 Å². The Balaban J connectivity index is 2.19. The molecular weight excluding hydrogens is 248 g/mol. The van der Waals surface area contributed by atoms with Crippen LogP contribution in [0.2, 0.25) is 0 Å². The van der Waals surface area contributed by atoms with E-state index in [0.717, 1.165) is 0 Å². The first-order chi connectivity index (χ1) is 8.58. The SMILES string of the molecule is Cc1cscc1CNc1ccc(N)cc1C(=O)O. The third-order valence-electron chi connectivity index (χ3n) is 2.70. The van der Waals surface area contributed by atoms with Gasteiger partial charge in [-0.05, 0) is 47.0 Å². The lowest BCUT2D eigenvalue weighted by atomic mass is 10.1. The summed E-state index contributed by atoms with van der Waals surface area (Å²) in [7, 11) is 0. The largest absolute Gasteiger partial charge is 0.478 e. The molecule has 1 aromatic carbocycles. The molecule has 1 heterocycles. The van der Waals surface area contributed by atoms with Gasteiger partial charge in [0.25, 0.3) is 0 Å². The van der Waals surface area contributed by atoms with Gasteiger partial charge >= 0.3 is 5.97 Å². The lowest BCUT2D eigenvalue weighted by molar-refractivity contribution is 0.0698. The molecule has 0 saturated carbocycles. The molecule has 1 aromatic heterocycles. The molecule has 0 aliphatic carbocycles. The number of carboxylic acid groups (broad SMARTS) is 1. The summed E-state index contributed by atoms with van der Waals surface area (Å²) in [5.41, 5.74) is 9.20. The Labute approximate surface area is 109 Å². The third kappa shape index (κ3) is 2.62. The van der Waals surface area contributed by atoms with E-state index in [4.69, 9.17) is 10.8 Å². The Hall–Kier alpha value is -2.01. The Kier molecular flexibility index (Phi) is 3.53. The quantitative estimate of drug-likeness (QED) is 0.740.